The van der Waals surface area contributed by atoms with E-state index in [1.807, 2.05) is 11.3 Å². The third kappa shape index (κ3) is 1.85. The van der Waals surface area contributed by atoms with Gasteiger partial charge in [0.15, 0.2) is 0 Å². The standard InChI is InChI=1S/C16H21N3S/c1-3-17-13-12-10-6-4-5-7-11(10)20-14(12)19-15(18-13)16(2)8-9-16/h3-9H2,1-2H3,(H,17,18,19). The van der Waals surface area contributed by atoms with E-state index >= 15 is 0 Å². The van der Waals surface area contributed by atoms with E-state index in [0.717, 1.165) is 18.2 Å². The van der Waals surface area contributed by atoms with Gasteiger partial charge in [-0.2, -0.15) is 0 Å². The number of hydrogen-bond donors (Lipinski definition) is 1. The molecule has 0 atom stereocenters. The van der Waals surface area contributed by atoms with Crippen molar-refractivity contribution in [2.45, 2.75) is 57.8 Å². The van der Waals surface area contributed by atoms with Crippen LogP contribution in [-0.2, 0) is 18.3 Å². The number of rotatable bonds is 3. The van der Waals surface area contributed by atoms with Crippen LogP contribution >= 0.6 is 11.3 Å². The number of hydrogen-bond acceptors (Lipinski definition) is 4. The van der Waals surface area contributed by atoms with E-state index in [1.165, 1.54) is 54.3 Å². The summed E-state index contributed by atoms with van der Waals surface area (Å²) >= 11 is 1.91. The minimum Gasteiger partial charge on any atom is -0.370 e. The first kappa shape index (κ1) is 12.6. The molecule has 0 saturated heterocycles. The zero-order chi connectivity index (χ0) is 13.7. The lowest BCUT2D eigenvalue weighted by Crippen LogP contribution is -2.10. The van der Waals surface area contributed by atoms with Crippen molar-refractivity contribution in [2.24, 2.45) is 0 Å². The number of aryl methyl sites for hydroxylation is 2. The molecular weight excluding hydrogens is 266 g/mol. The second-order valence-corrected chi connectivity index (χ2v) is 7.46. The third-order valence-corrected chi connectivity index (χ3v) is 5.88. The highest BCUT2D eigenvalue weighted by atomic mass is 32.1. The molecule has 2 aliphatic carbocycles. The topological polar surface area (TPSA) is 37.8 Å². The number of fused-ring (bicyclic) bond motifs is 3. The molecule has 0 unspecified atom stereocenters. The minimum absolute atomic E-state index is 0.239. The molecule has 106 valence electrons. The number of aromatic nitrogens is 2. The number of nitrogens with zero attached hydrogens (tertiary/aromatic N) is 2. The molecule has 2 aromatic heterocycles. The first-order valence-electron chi connectivity index (χ1n) is 7.78. The molecule has 0 amide bonds. The van der Waals surface area contributed by atoms with Crippen LogP contribution in [-0.4, -0.2) is 16.5 Å². The zero-order valence-electron chi connectivity index (χ0n) is 12.3. The van der Waals surface area contributed by atoms with Crippen molar-refractivity contribution in [3.05, 3.63) is 16.3 Å². The fourth-order valence-corrected chi connectivity index (χ4v) is 4.39. The van der Waals surface area contributed by atoms with Crippen molar-refractivity contribution >= 4 is 27.4 Å². The molecule has 0 spiro atoms. The van der Waals surface area contributed by atoms with Gasteiger partial charge in [0.25, 0.3) is 0 Å². The Morgan fingerprint density at radius 3 is 2.75 bits per heavy atom. The van der Waals surface area contributed by atoms with E-state index < -0.39 is 0 Å². The van der Waals surface area contributed by atoms with Gasteiger partial charge in [-0.1, -0.05) is 6.92 Å². The van der Waals surface area contributed by atoms with Crippen molar-refractivity contribution in [1.82, 2.24) is 9.97 Å². The summed E-state index contributed by atoms with van der Waals surface area (Å²) in [6.07, 6.45) is 7.53. The van der Waals surface area contributed by atoms with Gasteiger partial charge in [-0.25, -0.2) is 9.97 Å². The predicted octanol–water partition coefficient (Wildman–Crippen LogP) is 4.05. The maximum Gasteiger partial charge on any atom is 0.138 e. The molecule has 2 aromatic rings. The summed E-state index contributed by atoms with van der Waals surface area (Å²) in [5.41, 5.74) is 1.77. The first-order valence-corrected chi connectivity index (χ1v) is 8.59. The van der Waals surface area contributed by atoms with Crippen LogP contribution in [0.2, 0.25) is 0 Å². The highest BCUT2D eigenvalue weighted by Crippen LogP contribution is 2.48. The van der Waals surface area contributed by atoms with Crippen molar-refractivity contribution in [1.29, 1.82) is 0 Å². The summed E-state index contributed by atoms with van der Waals surface area (Å²) in [6.45, 7) is 5.36. The van der Waals surface area contributed by atoms with Crippen LogP contribution in [0.25, 0.3) is 10.2 Å². The molecule has 4 heteroatoms. The molecule has 3 nitrogen and oxygen atoms in total. The molecule has 0 radical (unpaired) electrons. The van der Waals surface area contributed by atoms with Gasteiger partial charge in [0.05, 0.1) is 5.39 Å². The Kier molecular flexibility index (Phi) is 2.78. The van der Waals surface area contributed by atoms with E-state index in [-0.39, 0.29) is 5.41 Å². The molecule has 0 bridgehead atoms. The van der Waals surface area contributed by atoms with Crippen molar-refractivity contribution in [3.63, 3.8) is 0 Å². The molecule has 2 heterocycles. The van der Waals surface area contributed by atoms with Crippen molar-refractivity contribution in [3.8, 4) is 0 Å². The number of nitrogens with one attached hydrogen (secondary N) is 1. The highest BCUT2D eigenvalue weighted by molar-refractivity contribution is 7.19. The second-order valence-electron chi connectivity index (χ2n) is 6.38. The zero-order valence-corrected chi connectivity index (χ0v) is 13.1. The predicted molar refractivity (Wildman–Crippen MR) is 84.8 cm³/mol. The number of anilines is 1. The summed E-state index contributed by atoms with van der Waals surface area (Å²) in [5.74, 6) is 2.14. The lowest BCUT2D eigenvalue weighted by Gasteiger charge is -2.14. The Labute approximate surface area is 123 Å². The third-order valence-electron chi connectivity index (χ3n) is 4.70. The van der Waals surface area contributed by atoms with Gasteiger partial charge < -0.3 is 5.32 Å². The largest absolute Gasteiger partial charge is 0.370 e. The van der Waals surface area contributed by atoms with E-state index in [1.54, 1.807) is 4.88 Å². The van der Waals surface area contributed by atoms with Gasteiger partial charge in [0.2, 0.25) is 0 Å². The van der Waals surface area contributed by atoms with E-state index in [9.17, 15) is 0 Å². The van der Waals surface area contributed by atoms with Crippen molar-refractivity contribution < 1.29 is 0 Å². The summed E-state index contributed by atoms with van der Waals surface area (Å²) in [6, 6.07) is 0. The summed E-state index contributed by atoms with van der Waals surface area (Å²) in [5, 5.41) is 4.80. The molecule has 1 saturated carbocycles. The smallest absolute Gasteiger partial charge is 0.138 e. The van der Waals surface area contributed by atoms with Crippen LogP contribution in [0.15, 0.2) is 0 Å². The van der Waals surface area contributed by atoms with Crippen LogP contribution in [0, 0.1) is 0 Å². The van der Waals surface area contributed by atoms with Gasteiger partial charge in [-0.3, -0.25) is 0 Å². The van der Waals surface area contributed by atoms with Crippen molar-refractivity contribution in [2.75, 3.05) is 11.9 Å². The lowest BCUT2D eigenvalue weighted by molar-refractivity contribution is 0.699. The molecule has 0 aromatic carbocycles. The Bertz CT molecular complexity index is 670. The SMILES string of the molecule is CCNc1nc(C2(C)CC2)nc2sc3c(c12)CCCC3. The van der Waals surface area contributed by atoms with Gasteiger partial charge in [0.1, 0.15) is 16.5 Å². The van der Waals surface area contributed by atoms with Gasteiger partial charge in [0, 0.05) is 16.8 Å². The van der Waals surface area contributed by atoms with Gasteiger partial charge in [-0.15, -0.1) is 11.3 Å². The summed E-state index contributed by atoms with van der Waals surface area (Å²) in [7, 11) is 0. The fraction of sp³-hybridized carbons (Fsp3) is 0.625. The van der Waals surface area contributed by atoms with Crippen LogP contribution in [0.3, 0.4) is 0 Å². The normalized spacial score (nSPS) is 19.9. The summed E-state index contributed by atoms with van der Waals surface area (Å²) < 4.78 is 0. The minimum atomic E-state index is 0.239. The van der Waals surface area contributed by atoms with Crippen LogP contribution in [0.1, 0.15) is 55.8 Å². The quantitative estimate of drug-likeness (QED) is 0.925. The molecule has 0 aliphatic heterocycles. The maximum absolute atomic E-state index is 4.92. The number of thiophene rings is 1. The van der Waals surface area contributed by atoms with Gasteiger partial charge >= 0.3 is 0 Å². The van der Waals surface area contributed by atoms with E-state index in [2.05, 4.69) is 19.2 Å². The fourth-order valence-electron chi connectivity index (χ4n) is 3.13. The van der Waals surface area contributed by atoms with E-state index in [4.69, 9.17) is 9.97 Å². The Morgan fingerprint density at radius 1 is 1.20 bits per heavy atom. The summed E-state index contributed by atoms with van der Waals surface area (Å²) in [4.78, 5) is 12.6. The first-order chi connectivity index (χ1) is 9.71. The molecule has 1 fully saturated rings. The average Bonchev–Trinajstić information content (AvgIpc) is 3.09. The maximum atomic E-state index is 4.92. The Balaban J connectivity index is 1.94. The molecular formula is C16H21N3S. The monoisotopic (exact) mass is 287 g/mol. The average molecular weight is 287 g/mol. The van der Waals surface area contributed by atoms with Gasteiger partial charge in [-0.05, 0) is 51.0 Å². The highest BCUT2D eigenvalue weighted by Gasteiger charge is 2.42. The Morgan fingerprint density at radius 2 is 2.00 bits per heavy atom. The molecule has 4 rings (SSSR count). The van der Waals surface area contributed by atoms with Crippen LogP contribution in [0.5, 0.6) is 0 Å². The Hall–Kier alpha value is -1.16. The molecule has 20 heavy (non-hydrogen) atoms. The van der Waals surface area contributed by atoms with Crippen LogP contribution in [0.4, 0.5) is 5.82 Å². The molecule has 1 N–H and O–H groups in total. The molecule has 2 aliphatic rings. The second kappa shape index (κ2) is 4.42. The van der Waals surface area contributed by atoms with Crippen LogP contribution < -0.4 is 5.32 Å². The van der Waals surface area contributed by atoms with E-state index in [0.29, 0.717) is 0 Å². The lowest BCUT2D eigenvalue weighted by atomic mass is 9.97.